The fraction of sp³-hybridized carbons (Fsp3) is 0.368. The first-order valence-corrected chi connectivity index (χ1v) is 8.13. The SMILES string of the molecule is CCC(=O)C(=O)N1CCO[C@H](c2ccc3cc(OC)ccc3c2)C1. The lowest BCUT2D eigenvalue weighted by Crippen LogP contribution is -2.45. The fourth-order valence-electron chi connectivity index (χ4n) is 2.93. The third-order valence-corrected chi connectivity index (χ3v) is 4.36. The van der Waals surface area contributed by atoms with Gasteiger partial charge in [-0.25, -0.2) is 0 Å². The van der Waals surface area contributed by atoms with E-state index in [4.69, 9.17) is 9.47 Å². The van der Waals surface area contributed by atoms with Crippen LogP contribution in [0, 0.1) is 0 Å². The number of morpholine rings is 1. The molecule has 5 heteroatoms. The van der Waals surface area contributed by atoms with Crippen molar-refractivity contribution in [2.75, 3.05) is 26.8 Å². The highest BCUT2D eigenvalue weighted by Crippen LogP contribution is 2.28. The zero-order chi connectivity index (χ0) is 17.1. The molecule has 1 amide bonds. The number of hydrogen-bond acceptors (Lipinski definition) is 4. The minimum absolute atomic E-state index is 0.209. The average molecular weight is 327 g/mol. The van der Waals surface area contributed by atoms with Crippen LogP contribution in [0.4, 0.5) is 0 Å². The second-order valence-corrected chi connectivity index (χ2v) is 5.86. The molecular formula is C19H21NO4. The highest BCUT2D eigenvalue weighted by atomic mass is 16.5. The van der Waals surface area contributed by atoms with Crippen LogP contribution in [0.1, 0.15) is 25.0 Å². The molecule has 0 bridgehead atoms. The zero-order valence-electron chi connectivity index (χ0n) is 14.0. The van der Waals surface area contributed by atoms with Crippen molar-refractivity contribution in [3.8, 4) is 5.75 Å². The van der Waals surface area contributed by atoms with Crippen molar-refractivity contribution in [3.05, 3.63) is 42.0 Å². The van der Waals surface area contributed by atoms with E-state index in [1.807, 2.05) is 30.3 Å². The van der Waals surface area contributed by atoms with Crippen LogP contribution < -0.4 is 4.74 Å². The molecule has 1 atom stereocenters. The van der Waals surface area contributed by atoms with Gasteiger partial charge in [0.15, 0.2) is 0 Å². The number of benzene rings is 2. The van der Waals surface area contributed by atoms with Gasteiger partial charge in [-0.3, -0.25) is 9.59 Å². The van der Waals surface area contributed by atoms with E-state index in [-0.39, 0.29) is 18.3 Å². The smallest absolute Gasteiger partial charge is 0.290 e. The van der Waals surface area contributed by atoms with E-state index in [9.17, 15) is 9.59 Å². The largest absolute Gasteiger partial charge is 0.497 e. The topological polar surface area (TPSA) is 55.8 Å². The summed E-state index contributed by atoms with van der Waals surface area (Å²) >= 11 is 0. The summed E-state index contributed by atoms with van der Waals surface area (Å²) in [7, 11) is 1.65. The molecule has 0 radical (unpaired) electrons. The second-order valence-electron chi connectivity index (χ2n) is 5.86. The Kier molecular flexibility index (Phi) is 4.81. The Morgan fingerprint density at radius 3 is 2.71 bits per heavy atom. The molecule has 0 spiro atoms. The number of amides is 1. The van der Waals surface area contributed by atoms with E-state index in [0.717, 1.165) is 22.1 Å². The monoisotopic (exact) mass is 327 g/mol. The van der Waals surface area contributed by atoms with Crippen molar-refractivity contribution in [1.29, 1.82) is 0 Å². The maximum atomic E-state index is 12.1. The standard InChI is InChI=1S/C19H21NO4/c1-3-17(21)19(22)20-8-9-24-18(12-20)15-5-4-14-11-16(23-2)7-6-13(14)10-15/h4-7,10-11,18H,3,8-9,12H2,1-2H3/t18-/m0/s1. The van der Waals surface area contributed by atoms with E-state index in [0.29, 0.717) is 19.7 Å². The van der Waals surface area contributed by atoms with Gasteiger partial charge < -0.3 is 14.4 Å². The summed E-state index contributed by atoms with van der Waals surface area (Å²) < 4.78 is 11.1. The first-order valence-electron chi connectivity index (χ1n) is 8.13. The lowest BCUT2D eigenvalue weighted by atomic mass is 10.0. The molecule has 126 valence electrons. The molecule has 0 aliphatic carbocycles. The first-order chi connectivity index (χ1) is 11.6. The molecule has 5 nitrogen and oxygen atoms in total. The average Bonchev–Trinajstić information content (AvgIpc) is 2.65. The molecule has 0 unspecified atom stereocenters. The maximum absolute atomic E-state index is 12.1. The first kappa shape index (κ1) is 16.5. The molecule has 0 N–H and O–H groups in total. The number of nitrogens with zero attached hydrogens (tertiary/aromatic N) is 1. The van der Waals surface area contributed by atoms with Crippen LogP contribution >= 0.6 is 0 Å². The van der Waals surface area contributed by atoms with E-state index in [1.54, 1.807) is 18.9 Å². The Morgan fingerprint density at radius 1 is 1.21 bits per heavy atom. The highest BCUT2D eigenvalue weighted by Gasteiger charge is 2.28. The van der Waals surface area contributed by atoms with Crippen molar-refractivity contribution in [2.24, 2.45) is 0 Å². The maximum Gasteiger partial charge on any atom is 0.290 e. The summed E-state index contributed by atoms with van der Waals surface area (Å²) in [5.41, 5.74) is 1.01. The van der Waals surface area contributed by atoms with Crippen LogP contribution in [0.3, 0.4) is 0 Å². The molecule has 1 saturated heterocycles. The van der Waals surface area contributed by atoms with Crippen LogP contribution in [0.15, 0.2) is 36.4 Å². The number of hydrogen-bond donors (Lipinski definition) is 0. The summed E-state index contributed by atoms with van der Waals surface area (Å²) in [6.45, 7) is 3.02. The van der Waals surface area contributed by atoms with E-state index in [2.05, 4.69) is 6.07 Å². The van der Waals surface area contributed by atoms with E-state index >= 15 is 0 Å². The number of carbonyl (C=O) groups excluding carboxylic acids is 2. The summed E-state index contributed by atoms with van der Waals surface area (Å²) in [5, 5.41) is 2.17. The quantitative estimate of drug-likeness (QED) is 0.810. The normalized spacial score (nSPS) is 17.8. The van der Waals surface area contributed by atoms with Gasteiger partial charge in [-0.15, -0.1) is 0 Å². The number of ether oxygens (including phenoxy) is 2. The van der Waals surface area contributed by atoms with Crippen molar-refractivity contribution in [2.45, 2.75) is 19.4 Å². The minimum atomic E-state index is -0.406. The van der Waals surface area contributed by atoms with Gasteiger partial charge in [-0.2, -0.15) is 0 Å². The van der Waals surface area contributed by atoms with E-state index < -0.39 is 5.91 Å². The van der Waals surface area contributed by atoms with Crippen LogP contribution in [-0.2, 0) is 14.3 Å². The molecule has 24 heavy (non-hydrogen) atoms. The Balaban J connectivity index is 1.81. The third kappa shape index (κ3) is 3.26. The van der Waals surface area contributed by atoms with Crippen molar-refractivity contribution in [3.63, 3.8) is 0 Å². The third-order valence-electron chi connectivity index (χ3n) is 4.36. The number of rotatable bonds is 4. The number of methoxy groups -OCH3 is 1. The van der Waals surface area contributed by atoms with Gasteiger partial charge in [-0.1, -0.05) is 25.1 Å². The van der Waals surface area contributed by atoms with Gasteiger partial charge in [0.2, 0.25) is 5.78 Å². The zero-order valence-corrected chi connectivity index (χ0v) is 14.0. The Morgan fingerprint density at radius 2 is 1.96 bits per heavy atom. The Hall–Kier alpha value is -2.40. The van der Waals surface area contributed by atoms with Gasteiger partial charge in [0.05, 0.1) is 20.3 Å². The van der Waals surface area contributed by atoms with Crippen molar-refractivity contribution >= 4 is 22.5 Å². The van der Waals surface area contributed by atoms with Gasteiger partial charge in [-0.05, 0) is 34.5 Å². The summed E-state index contributed by atoms with van der Waals surface area (Å²) in [4.78, 5) is 25.3. The number of fused-ring (bicyclic) bond motifs is 1. The lowest BCUT2D eigenvalue weighted by molar-refractivity contribution is -0.149. The number of carbonyl (C=O) groups is 2. The fourth-order valence-corrected chi connectivity index (χ4v) is 2.93. The summed E-state index contributed by atoms with van der Waals surface area (Å²) in [6.07, 6.45) is 0.0254. The molecule has 1 heterocycles. The van der Waals surface area contributed by atoms with Gasteiger partial charge in [0.25, 0.3) is 5.91 Å². The van der Waals surface area contributed by atoms with Crippen molar-refractivity contribution < 1.29 is 19.1 Å². The molecule has 1 aliphatic heterocycles. The van der Waals surface area contributed by atoms with Crippen molar-refractivity contribution in [1.82, 2.24) is 4.90 Å². The second kappa shape index (κ2) is 7.01. The molecule has 2 aromatic rings. The molecular weight excluding hydrogens is 306 g/mol. The summed E-state index contributed by atoms with van der Waals surface area (Å²) in [5.74, 6) is 0.0663. The van der Waals surface area contributed by atoms with Crippen LogP contribution in [-0.4, -0.2) is 43.4 Å². The predicted octanol–water partition coefficient (Wildman–Crippen LogP) is 2.73. The molecule has 0 aromatic heterocycles. The predicted molar refractivity (Wildman–Crippen MR) is 91.1 cm³/mol. The Labute approximate surface area is 141 Å². The minimum Gasteiger partial charge on any atom is -0.497 e. The molecule has 2 aromatic carbocycles. The lowest BCUT2D eigenvalue weighted by Gasteiger charge is -2.32. The highest BCUT2D eigenvalue weighted by molar-refractivity contribution is 6.35. The van der Waals surface area contributed by atoms with Gasteiger partial charge in [0, 0.05) is 13.0 Å². The molecule has 3 rings (SSSR count). The van der Waals surface area contributed by atoms with E-state index in [1.165, 1.54) is 0 Å². The Bertz CT molecular complexity index is 771. The molecule has 1 aliphatic rings. The van der Waals surface area contributed by atoms with Crippen LogP contribution in [0.2, 0.25) is 0 Å². The van der Waals surface area contributed by atoms with Crippen LogP contribution in [0.5, 0.6) is 5.75 Å². The van der Waals surface area contributed by atoms with Crippen LogP contribution in [0.25, 0.3) is 10.8 Å². The number of Topliss-reactive ketones (excluding diaryl/α,β-unsaturated/α-hetero) is 1. The molecule has 1 fully saturated rings. The van der Waals surface area contributed by atoms with Gasteiger partial charge >= 0.3 is 0 Å². The summed E-state index contributed by atoms with van der Waals surface area (Å²) in [6, 6.07) is 12.0. The van der Waals surface area contributed by atoms with Gasteiger partial charge in [0.1, 0.15) is 11.9 Å². The number of ketones is 1. The molecule has 0 saturated carbocycles.